The summed E-state index contributed by atoms with van der Waals surface area (Å²) in [6, 6.07) is 12.1. The van der Waals surface area contributed by atoms with Crippen molar-refractivity contribution < 1.29 is 18.0 Å². The number of nitrogens with zero attached hydrogens (tertiary/aromatic N) is 1. The van der Waals surface area contributed by atoms with Crippen LogP contribution < -0.4 is 21.3 Å². The summed E-state index contributed by atoms with van der Waals surface area (Å²) in [6.45, 7) is 4.59. The third-order valence-electron chi connectivity index (χ3n) is 4.06. The third kappa shape index (κ3) is 7.65. The van der Waals surface area contributed by atoms with Gasteiger partial charge in [0.25, 0.3) is 0 Å². The smallest absolute Gasteiger partial charge is 0.352 e. The van der Waals surface area contributed by atoms with Gasteiger partial charge in [0.15, 0.2) is 5.96 Å². The van der Waals surface area contributed by atoms with E-state index in [1.54, 1.807) is 19.2 Å². The van der Waals surface area contributed by atoms with Crippen LogP contribution in [0.3, 0.4) is 0 Å². The van der Waals surface area contributed by atoms with Crippen molar-refractivity contribution in [3.05, 3.63) is 65.2 Å². The van der Waals surface area contributed by atoms with Gasteiger partial charge in [-0.05, 0) is 49.2 Å². The molecular weight excluding hydrogens is 395 g/mol. The number of hydrogen-bond acceptors (Lipinski definition) is 2. The van der Waals surface area contributed by atoms with Crippen LogP contribution in [0.4, 0.5) is 23.7 Å². The van der Waals surface area contributed by atoms with Crippen LogP contribution in [0.5, 0.6) is 0 Å². The molecule has 6 nitrogen and oxygen atoms in total. The van der Waals surface area contributed by atoms with Crippen molar-refractivity contribution in [1.82, 2.24) is 16.0 Å². The summed E-state index contributed by atoms with van der Waals surface area (Å²) in [5.41, 5.74) is 1.69. The number of halogens is 3. The van der Waals surface area contributed by atoms with Crippen LogP contribution in [-0.4, -0.2) is 25.1 Å². The second-order valence-corrected chi connectivity index (χ2v) is 6.92. The second-order valence-electron chi connectivity index (χ2n) is 6.92. The maximum absolute atomic E-state index is 12.6. The first-order valence-corrected chi connectivity index (χ1v) is 9.44. The first kappa shape index (κ1) is 23.1. The molecule has 0 spiro atoms. The quantitative estimate of drug-likeness (QED) is 0.419. The minimum absolute atomic E-state index is 0.0512. The van der Waals surface area contributed by atoms with Gasteiger partial charge >= 0.3 is 12.2 Å². The van der Waals surface area contributed by atoms with Crippen molar-refractivity contribution in [3.8, 4) is 0 Å². The van der Waals surface area contributed by atoms with E-state index in [-0.39, 0.29) is 12.1 Å². The molecule has 2 amide bonds. The third-order valence-corrected chi connectivity index (χ3v) is 4.06. The monoisotopic (exact) mass is 421 g/mol. The van der Waals surface area contributed by atoms with E-state index in [9.17, 15) is 18.0 Å². The standard InChI is InChI=1S/C21H26F3N5O/c1-14(2)28-20(30)29-18-10-6-16(7-11-18)13-27-19(25-3)26-12-15-4-8-17(9-5-15)21(22,23)24/h4-11,14H,12-13H2,1-3H3,(H2,25,26,27)(H2,28,29,30). The molecule has 0 aromatic heterocycles. The molecule has 0 radical (unpaired) electrons. The van der Waals surface area contributed by atoms with E-state index in [2.05, 4.69) is 26.3 Å². The molecule has 9 heteroatoms. The molecule has 0 aliphatic heterocycles. The highest BCUT2D eigenvalue weighted by Crippen LogP contribution is 2.29. The van der Waals surface area contributed by atoms with E-state index >= 15 is 0 Å². The number of alkyl halides is 3. The first-order chi connectivity index (χ1) is 14.2. The highest BCUT2D eigenvalue weighted by molar-refractivity contribution is 5.89. The fourth-order valence-electron chi connectivity index (χ4n) is 2.54. The van der Waals surface area contributed by atoms with Gasteiger partial charge in [-0.25, -0.2) is 4.79 Å². The number of rotatable bonds is 6. The molecule has 0 atom stereocenters. The molecule has 162 valence electrons. The summed E-state index contributed by atoms with van der Waals surface area (Å²) < 4.78 is 37.9. The van der Waals surface area contributed by atoms with Crippen molar-refractivity contribution >= 4 is 17.7 Å². The number of hydrogen-bond donors (Lipinski definition) is 4. The van der Waals surface area contributed by atoms with E-state index in [4.69, 9.17) is 0 Å². The van der Waals surface area contributed by atoms with Crippen LogP contribution in [0.2, 0.25) is 0 Å². The van der Waals surface area contributed by atoms with Crippen molar-refractivity contribution in [1.29, 1.82) is 0 Å². The summed E-state index contributed by atoms with van der Waals surface area (Å²) in [7, 11) is 1.61. The molecule has 0 fully saturated rings. The van der Waals surface area contributed by atoms with Crippen molar-refractivity contribution in [2.45, 2.75) is 39.2 Å². The number of guanidine groups is 1. The minimum atomic E-state index is -4.34. The highest BCUT2D eigenvalue weighted by Gasteiger charge is 2.29. The Bertz CT molecular complexity index is 846. The van der Waals surface area contributed by atoms with Crippen LogP contribution in [-0.2, 0) is 19.3 Å². The second kappa shape index (κ2) is 10.5. The van der Waals surface area contributed by atoms with E-state index in [1.807, 2.05) is 26.0 Å². The summed E-state index contributed by atoms with van der Waals surface area (Å²) in [6.07, 6.45) is -4.34. The van der Waals surface area contributed by atoms with Gasteiger partial charge in [-0.2, -0.15) is 13.2 Å². The lowest BCUT2D eigenvalue weighted by molar-refractivity contribution is -0.137. The number of amides is 2. The van der Waals surface area contributed by atoms with Gasteiger partial charge < -0.3 is 21.3 Å². The first-order valence-electron chi connectivity index (χ1n) is 9.44. The van der Waals surface area contributed by atoms with Gasteiger partial charge in [0, 0.05) is 31.9 Å². The van der Waals surface area contributed by atoms with Crippen LogP contribution in [0.25, 0.3) is 0 Å². The zero-order chi connectivity index (χ0) is 22.1. The molecule has 0 saturated carbocycles. The molecule has 0 bridgehead atoms. The number of carbonyl (C=O) groups is 1. The number of anilines is 1. The van der Waals surface area contributed by atoms with Gasteiger partial charge in [0.05, 0.1) is 5.56 Å². The van der Waals surface area contributed by atoms with Gasteiger partial charge in [0.1, 0.15) is 0 Å². The van der Waals surface area contributed by atoms with Gasteiger partial charge in [-0.3, -0.25) is 4.99 Å². The topological polar surface area (TPSA) is 77.5 Å². The molecule has 0 aliphatic rings. The predicted octanol–water partition coefficient (Wildman–Crippen LogP) is 4.10. The number of urea groups is 1. The number of benzene rings is 2. The zero-order valence-corrected chi connectivity index (χ0v) is 17.1. The molecular formula is C21H26F3N5O. The van der Waals surface area contributed by atoms with E-state index in [0.717, 1.165) is 17.7 Å². The molecule has 2 aromatic carbocycles. The zero-order valence-electron chi connectivity index (χ0n) is 17.1. The van der Waals surface area contributed by atoms with Crippen LogP contribution in [0.15, 0.2) is 53.5 Å². The molecule has 30 heavy (non-hydrogen) atoms. The van der Waals surface area contributed by atoms with Gasteiger partial charge in [-0.15, -0.1) is 0 Å². The number of carbonyl (C=O) groups excluding carboxylic acids is 1. The van der Waals surface area contributed by atoms with Crippen LogP contribution in [0, 0.1) is 0 Å². The fourth-order valence-corrected chi connectivity index (χ4v) is 2.54. The van der Waals surface area contributed by atoms with Crippen LogP contribution >= 0.6 is 0 Å². The Morgan fingerprint density at radius 1 is 0.933 bits per heavy atom. The molecule has 2 aromatic rings. The Kier molecular flexibility index (Phi) is 8.08. The molecule has 0 heterocycles. The maximum atomic E-state index is 12.6. The molecule has 0 unspecified atom stereocenters. The largest absolute Gasteiger partial charge is 0.416 e. The summed E-state index contributed by atoms with van der Waals surface area (Å²) >= 11 is 0. The lowest BCUT2D eigenvalue weighted by atomic mass is 10.1. The number of aliphatic imine (C=N–C) groups is 1. The van der Waals surface area contributed by atoms with Crippen molar-refractivity contribution in [2.24, 2.45) is 4.99 Å². The molecule has 4 N–H and O–H groups in total. The van der Waals surface area contributed by atoms with Gasteiger partial charge in [0.2, 0.25) is 0 Å². The Balaban J connectivity index is 1.82. The number of nitrogens with one attached hydrogen (secondary N) is 4. The van der Waals surface area contributed by atoms with Crippen molar-refractivity contribution in [2.75, 3.05) is 12.4 Å². The average Bonchev–Trinajstić information content (AvgIpc) is 2.68. The fraction of sp³-hybridized carbons (Fsp3) is 0.333. The van der Waals surface area contributed by atoms with E-state index in [1.165, 1.54) is 12.1 Å². The summed E-state index contributed by atoms with van der Waals surface area (Å²) in [5.74, 6) is 0.522. The SMILES string of the molecule is CN=C(NCc1ccc(NC(=O)NC(C)C)cc1)NCc1ccc(C(F)(F)F)cc1. The highest BCUT2D eigenvalue weighted by atomic mass is 19.4. The predicted molar refractivity (Wildman–Crippen MR) is 112 cm³/mol. The lowest BCUT2D eigenvalue weighted by Gasteiger charge is -2.13. The van der Waals surface area contributed by atoms with Gasteiger partial charge in [-0.1, -0.05) is 24.3 Å². The summed E-state index contributed by atoms with van der Waals surface area (Å²) in [4.78, 5) is 15.8. The van der Waals surface area contributed by atoms with Crippen molar-refractivity contribution in [3.63, 3.8) is 0 Å². The van der Waals surface area contributed by atoms with E-state index < -0.39 is 11.7 Å². The average molecular weight is 421 g/mol. The van der Waals surface area contributed by atoms with Crippen LogP contribution in [0.1, 0.15) is 30.5 Å². The Morgan fingerprint density at radius 2 is 1.43 bits per heavy atom. The Hall–Kier alpha value is -3.23. The molecule has 0 aliphatic carbocycles. The van der Waals surface area contributed by atoms with E-state index in [0.29, 0.717) is 30.3 Å². The summed E-state index contributed by atoms with van der Waals surface area (Å²) in [5, 5.41) is 11.7. The normalized spacial score (nSPS) is 11.9. The lowest BCUT2D eigenvalue weighted by Crippen LogP contribution is -2.36. The Morgan fingerprint density at radius 3 is 1.87 bits per heavy atom. The Labute approximate surface area is 174 Å². The maximum Gasteiger partial charge on any atom is 0.416 e. The molecule has 2 rings (SSSR count). The minimum Gasteiger partial charge on any atom is -0.352 e. The molecule has 0 saturated heterocycles.